The summed E-state index contributed by atoms with van der Waals surface area (Å²) in [5.41, 5.74) is 1.41. The van der Waals surface area contributed by atoms with Crippen molar-refractivity contribution >= 4 is 17.7 Å². The third-order valence-electron chi connectivity index (χ3n) is 3.75. The summed E-state index contributed by atoms with van der Waals surface area (Å²) in [6, 6.07) is 10.7. The van der Waals surface area contributed by atoms with Gasteiger partial charge in [-0.25, -0.2) is 0 Å². The monoisotopic (exact) mass is 261 g/mol. The van der Waals surface area contributed by atoms with Gasteiger partial charge in [0, 0.05) is 30.0 Å². The van der Waals surface area contributed by atoms with Crippen LogP contribution in [-0.4, -0.2) is 29.6 Å². The first-order valence-electron chi connectivity index (χ1n) is 6.80. The van der Waals surface area contributed by atoms with Gasteiger partial charge in [0.2, 0.25) is 5.91 Å². The van der Waals surface area contributed by atoms with Crippen molar-refractivity contribution in [2.45, 2.75) is 24.5 Å². The van der Waals surface area contributed by atoms with E-state index >= 15 is 0 Å². The first-order chi connectivity index (χ1) is 8.84. The first-order valence-corrected chi connectivity index (χ1v) is 7.85. The van der Waals surface area contributed by atoms with Crippen LogP contribution in [0, 0.1) is 5.92 Å². The molecule has 1 amide bonds. The lowest BCUT2D eigenvalue weighted by molar-refractivity contribution is -0.132. The number of carbonyl (C=O) groups excluding carboxylic acids is 1. The second kappa shape index (κ2) is 5.35. The van der Waals surface area contributed by atoms with Crippen LogP contribution >= 0.6 is 11.8 Å². The van der Waals surface area contributed by atoms with Gasteiger partial charge in [-0.3, -0.25) is 4.79 Å². The zero-order valence-electron chi connectivity index (χ0n) is 10.5. The minimum atomic E-state index is 0.364. The Bertz CT molecular complexity index is 416. The predicted octanol–water partition coefficient (Wildman–Crippen LogP) is 3.10. The van der Waals surface area contributed by atoms with E-state index < -0.39 is 0 Å². The van der Waals surface area contributed by atoms with E-state index in [1.807, 2.05) is 11.8 Å². The zero-order valence-corrected chi connectivity index (χ0v) is 11.4. The van der Waals surface area contributed by atoms with Gasteiger partial charge in [-0.15, -0.1) is 0 Å². The van der Waals surface area contributed by atoms with Crippen molar-refractivity contribution in [1.29, 1.82) is 0 Å². The van der Waals surface area contributed by atoms with Crippen LogP contribution in [0.3, 0.4) is 0 Å². The minimum absolute atomic E-state index is 0.364. The molecule has 0 N–H and O–H groups in total. The summed E-state index contributed by atoms with van der Waals surface area (Å²) >= 11 is 2.00. The van der Waals surface area contributed by atoms with E-state index in [0.29, 0.717) is 17.1 Å². The van der Waals surface area contributed by atoms with Crippen LogP contribution in [0.5, 0.6) is 0 Å². The Balaban J connectivity index is 1.63. The summed E-state index contributed by atoms with van der Waals surface area (Å²) < 4.78 is 0. The molecule has 1 aromatic carbocycles. The third kappa shape index (κ3) is 2.72. The highest BCUT2D eigenvalue weighted by Gasteiger charge is 2.34. The molecular formula is C15H19NOS. The van der Waals surface area contributed by atoms with E-state index in [-0.39, 0.29) is 0 Å². The lowest BCUT2D eigenvalue weighted by Crippen LogP contribution is -2.34. The van der Waals surface area contributed by atoms with E-state index in [2.05, 4.69) is 35.2 Å². The van der Waals surface area contributed by atoms with Crippen LogP contribution in [0.1, 0.15) is 30.1 Å². The van der Waals surface area contributed by atoms with E-state index in [1.165, 1.54) is 5.56 Å². The molecule has 0 aromatic heterocycles. The Hall–Kier alpha value is -0.960. The number of carbonyl (C=O) groups is 1. The minimum Gasteiger partial charge on any atom is -0.342 e. The van der Waals surface area contributed by atoms with Gasteiger partial charge in [0.25, 0.3) is 0 Å². The Kier molecular flexibility index (Phi) is 3.59. The van der Waals surface area contributed by atoms with Crippen molar-refractivity contribution in [2.24, 2.45) is 5.92 Å². The first kappa shape index (κ1) is 12.1. The molecule has 2 nitrogen and oxygen atoms in total. The fourth-order valence-electron chi connectivity index (χ4n) is 2.51. The van der Waals surface area contributed by atoms with Crippen molar-refractivity contribution in [3.63, 3.8) is 0 Å². The number of thioether (sulfide) groups is 1. The highest BCUT2D eigenvalue weighted by molar-refractivity contribution is 7.99. The normalized spacial score (nSPS) is 24.7. The Morgan fingerprint density at radius 2 is 1.89 bits per heavy atom. The second-order valence-corrected chi connectivity index (χ2v) is 6.47. The summed E-state index contributed by atoms with van der Waals surface area (Å²) in [7, 11) is 0. The van der Waals surface area contributed by atoms with Gasteiger partial charge < -0.3 is 4.90 Å². The zero-order chi connectivity index (χ0) is 12.4. The van der Waals surface area contributed by atoms with Crippen LogP contribution in [0.25, 0.3) is 0 Å². The molecular weight excluding hydrogens is 242 g/mol. The van der Waals surface area contributed by atoms with Gasteiger partial charge in [0.1, 0.15) is 0 Å². The van der Waals surface area contributed by atoms with Crippen molar-refractivity contribution in [3.8, 4) is 0 Å². The van der Waals surface area contributed by atoms with Crippen LogP contribution in [0.2, 0.25) is 0 Å². The average molecular weight is 261 g/mol. The Morgan fingerprint density at radius 1 is 1.11 bits per heavy atom. The molecule has 0 radical (unpaired) electrons. The van der Waals surface area contributed by atoms with E-state index in [4.69, 9.17) is 0 Å². The molecule has 96 valence electrons. The topological polar surface area (TPSA) is 20.3 Å². The standard InChI is InChI=1S/C15H19NOS/c17-15(13-6-7-13)16-9-8-14(18-11-10-16)12-4-2-1-3-5-12/h1-5,13-14H,6-11H2. The number of amides is 1. The van der Waals surface area contributed by atoms with Crippen LogP contribution < -0.4 is 0 Å². The number of benzene rings is 1. The van der Waals surface area contributed by atoms with Crippen LogP contribution in [0.4, 0.5) is 0 Å². The molecule has 18 heavy (non-hydrogen) atoms. The van der Waals surface area contributed by atoms with Gasteiger partial charge in [0.05, 0.1) is 0 Å². The number of hydrogen-bond donors (Lipinski definition) is 0. The van der Waals surface area contributed by atoms with Crippen LogP contribution in [-0.2, 0) is 4.79 Å². The average Bonchev–Trinajstić information content (AvgIpc) is 3.25. The number of rotatable bonds is 2. The summed E-state index contributed by atoms with van der Waals surface area (Å²) in [6.45, 7) is 1.87. The Labute approximate surface area is 113 Å². The molecule has 1 aliphatic heterocycles. The van der Waals surface area contributed by atoms with Gasteiger partial charge in [0.15, 0.2) is 0 Å². The predicted molar refractivity (Wildman–Crippen MR) is 75.6 cm³/mol. The number of hydrogen-bond acceptors (Lipinski definition) is 2. The van der Waals surface area contributed by atoms with Crippen molar-refractivity contribution < 1.29 is 4.79 Å². The molecule has 3 heteroatoms. The maximum Gasteiger partial charge on any atom is 0.225 e. The molecule has 1 unspecified atom stereocenters. The fourth-order valence-corrected chi connectivity index (χ4v) is 3.74. The highest BCUT2D eigenvalue weighted by atomic mass is 32.2. The maximum atomic E-state index is 12.1. The quantitative estimate of drug-likeness (QED) is 0.815. The Morgan fingerprint density at radius 3 is 2.61 bits per heavy atom. The number of nitrogens with zero attached hydrogens (tertiary/aromatic N) is 1. The fraction of sp³-hybridized carbons (Fsp3) is 0.533. The van der Waals surface area contributed by atoms with E-state index in [9.17, 15) is 4.79 Å². The molecule has 2 aliphatic rings. The van der Waals surface area contributed by atoms with Crippen molar-refractivity contribution in [3.05, 3.63) is 35.9 Å². The molecule has 1 atom stereocenters. The molecule has 0 spiro atoms. The lowest BCUT2D eigenvalue weighted by atomic mass is 10.1. The summed E-state index contributed by atoms with van der Waals surface area (Å²) in [4.78, 5) is 14.2. The maximum absolute atomic E-state index is 12.1. The van der Waals surface area contributed by atoms with Gasteiger partial charge in [-0.2, -0.15) is 11.8 Å². The molecule has 1 saturated carbocycles. The largest absolute Gasteiger partial charge is 0.342 e. The van der Waals surface area contributed by atoms with Crippen LogP contribution in [0.15, 0.2) is 30.3 Å². The summed E-state index contributed by atoms with van der Waals surface area (Å²) in [5.74, 6) is 1.84. The van der Waals surface area contributed by atoms with Gasteiger partial charge in [-0.05, 0) is 24.8 Å². The van der Waals surface area contributed by atoms with E-state index in [0.717, 1.165) is 38.1 Å². The molecule has 1 saturated heterocycles. The molecule has 1 heterocycles. The summed E-state index contributed by atoms with van der Waals surface area (Å²) in [5, 5.41) is 0.559. The molecule has 1 aliphatic carbocycles. The molecule has 2 fully saturated rings. The molecule has 1 aromatic rings. The van der Waals surface area contributed by atoms with Crippen molar-refractivity contribution in [1.82, 2.24) is 4.90 Å². The highest BCUT2D eigenvalue weighted by Crippen LogP contribution is 2.36. The van der Waals surface area contributed by atoms with Gasteiger partial charge in [-0.1, -0.05) is 30.3 Å². The van der Waals surface area contributed by atoms with Crippen molar-refractivity contribution in [2.75, 3.05) is 18.8 Å². The smallest absolute Gasteiger partial charge is 0.225 e. The lowest BCUT2D eigenvalue weighted by Gasteiger charge is -2.20. The van der Waals surface area contributed by atoms with E-state index in [1.54, 1.807) is 0 Å². The SMILES string of the molecule is O=C(C1CC1)N1CCSC(c2ccccc2)CC1. The van der Waals surface area contributed by atoms with Gasteiger partial charge >= 0.3 is 0 Å². The summed E-state index contributed by atoms with van der Waals surface area (Å²) in [6.07, 6.45) is 3.32. The second-order valence-electron chi connectivity index (χ2n) is 5.16. The molecule has 0 bridgehead atoms. The third-order valence-corrected chi connectivity index (χ3v) is 5.08. The molecule has 3 rings (SSSR count).